The van der Waals surface area contributed by atoms with E-state index in [2.05, 4.69) is 20.0 Å². The first-order valence-corrected chi connectivity index (χ1v) is 10.1. The molecule has 0 aliphatic heterocycles. The van der Waals surface area contributed by atoms with Crippen LogP contribution < -0.4 is 10.1 Å². The predicted molar refractivity (Wildman–Crippen MR) is 112 cm³/mol. The minimum absolute atomic E-state index is 0.0151. The molecule has 2 aromatic carbocycles. The summed E-state index contributed by atoms with van der Waals surface area (Å²) in [5, 5.41) is 12.3. The SMILES string of the molecule is N#Cc1cc(Nc2ccc(OC(F)F)c(F)c2)nc(-n2c(C3CC3)nc3c(F)cc(F)cc32)c1. The van der Waals surface area contributed by atoms with Gasteiger partial charge in [0.05, 0.1) is 17.1 Å². The second-order valence-corrected chi connectivity index (χ2v) is 7.69. The zero-order chi connectivity index (χ0) is 24.0. The van der Waals surface area contributed by atoms with Crippen LogP contribution in [0.2, 0.25) is 0 Å². The fraction of sp³-hybridized carbons (Fsp3) is 0.174. The number of nitrogens with one attached hydrogen (secondary N) is 1. The summed E-state index contributed by atoms with van der Waals surface area (Å²) in [6.45, 7) is -3.18. The number of alkyl halides is 2. The van der Waals surface area contributed by atoms with Crippen LogP contribution in [0, 0.1) is 28.8 Å². The van der Waals surface area contributed by atoms with Gasteiger partial charge in [-0.25, -0.2) is 23.1 Å². The summed E-state index contributed by atoms with van der Waals surface area (Å²) >= 11 is 0. The summed E-state index contributed by atoms with van der Waals surface area (Å²) in [7, 11) is 0. The lowest BCUT2D eigenvalue weighted by molar-refractivity contribution is -0.0521. The highest BCUT2D eigenvalue weighted by atomic mass is 19.3. The van der Waals surface area contributed by atoms with Crippen molar-refractivity contribution in [2.24, 2.45) is 0 Å². The van der Waals surface area contributed by atoms with Crippen molar-refractivity contribution < 1.29 is 26.7 Å². The number of hydrogen-bond acceptors (Lipinski definition) is 5. The van der Waals surface area contributed by atoms with Crippen LogP contribution in [0.25, 0.3) is 16.9 Å². The molecule has 4 aromatic rings. The van der Waals surface area contributed by atoms with Gasteiger partial charge in [-0.2, -0.15) is 14.0 Å². The van der Waals surface area contributed by atoms with Gasteiger partial charge in [0, 0.05) is 29.8 Å². The molecule has 11 heteroatoms. The number of benzene rings is 2. The lowest BCUT2D eigenvalue weighted by atomic mass is 10.2. The Bertz CT molecular complexity index is 1460. The highest BCUT2D eigenvalue weighted by molar-refractivity contribution is 5.79. The standard InChI is InChI=1S/C23H14F5N5O/c24-13-7-16(26)21-17(8-13)33(22(32-21)12-1-2-12)20-6-11(10-29)5-19(31-20)30-14-3-4-18(15(25)9-14)34-23(27)28/h3-9,12,23H,1-2H2,(H,30,31). The van der Waals surface area contributed by atoms with Gasteiger partial charge >= 0.3 is 6.61 Å². The van der Waals surface area contributed by atoms with Gasteiger partial charge in [0.2, 0.25) is 0 Å². The van der Waals surface area contributed by atoms with Gasteiger partial charge in [0.25, 0.3) is 0 Å². The number of nitrogens with zero attached hydrogens (tertiary/aromatic N) is 4. The van der Waals surface area contributed by atoms with Gasteiger partial charge in [-0.1, -0.05) is 0 Å². The molecule has 0 spiro atoms. The second-order valence-electron chi connectivity index (χ2n) is 7.69. The Morgan fingerprint density at radius 3 is 2.50 bits per heavy atom. The topological polar surface area (TPSA) is 75.8 Å². The lowest BCUT2D eigenvalue weighted by Gasteiger charge is -2.13. The van der Waals surface area contributed by atoms with Crippen molar-refractivity contribution in [3.05, 3.63) is 71.3 Å². The summed E-state index contributed by atoms with van der Waals surface area (Å²) in [5.74, 6) is -2.40. The molecule has 1 N–H and O–H groups in total. The minimum atomic E-state index is -3.18. The van der Waals surface area contributed by atoms with Gasteiger partial charge in [0.15, 0.2) is 17.4 Å². The third-order valence-corrected chi connectivity index (χ3v) is 5.24. The summed E-state index contributed by atoms with van der Waals surface area (Å²) < 4.78 is 72.9. The molecule has 0 unspecified atom stereocenters. The Morgan fingerprint density at radius 1 is 1.03 bits per heavy atom. The van der Waals surface area contributed by atoms with Crippen LogP contribution in [0.4, 0.5) is 33.5 Å². The van der Waals surface area contributed by atoms with E-state index in [4.69, 9.17) is 0 Å². The molecule has 0 amide bonds. The van der Waals surface area contributed by atoms with Crippen LogP contribution in [-0.2, 0) is 0 Å². The summed E-state index contributed by atoms with van der Waals surface area (Å²) in [6.07, 6.45) is 1.64. The minimum Gasteiger partial charge on any atom is -0.432 e. The van der Waals surface area contributed by atoms with E-state index in [9.17, 15) is 27.2 Å². The van der Waals surface area contributed by atoms with Crippen LogP contribution in [0.3, 0.4) is 0 Å². The maximum absolute atomic E-state index is 14.4. The van der Waals surface area contributed by atoms with E-state index in [-0.39, 0.29) is 39.8 Å². The molecule has 5 rings (SSSR count). The molecule has 0 saturated heterocycles. The summed E-state index contributed by atoms with van der Waals surface area (Å²) in [5.41, 5.74) is 0.472. The Balaban J connectivity index is 1.59. The fourth-order valence-electron chi connectivity index (χ4n) is 3.65. The van der Waals surface area contributed by atoms with Crippen LogP contribution in [0.5, 0.6) is 5.75 Å². The monoisotopic (exact) mass is 471 g/mol. The maximum atomic E-state index is 14.4. The third kappa shape index (κ3) is 4.10. The van der Waals surface area contributed by atoms with Gasteiger partial charge in [-0.05, 0) is 37.1 Å². The van der Waals surface area contributed by atoms with E-state index < -0.39 is 29.8 Å². The van der Waals surface area contributed by atoms with Gasteiger partial charge in [-0.3, -0.25) is 4.57 Å². The van der Waals surface area contributed by atoms with Gasteiger partial charge < -0.3 is 10.1 Å². The number of rotatable bonds is 6. The molecule has 6 nitrogen and oxygen atoms in total. The molecule has 1 fully saturated rings. The lowest BCUT2D eigenvalue weighted by Crippen LogP contribution is -2.06. The summed E-state index contributed by atoms with van der Waals surface area (Å²) in [6, 6.07) is 9.98. The number of ether oxygens (including phenoxy) is 1. The number of nitriles is 1. The predicted octanol–water partition coefficient (Wildman–Crippen LogP) is 5.93. The van der Waals surface area contributed by atoms with Crippen molar-refractivity contribution in [2.75, 3.05) is 5.32 Å². The van der Waals surface area contributed by atoms with Crippen LogP contribution in [0.15, 0.2) is 42.5 Å². The maximum Gasteiger partial charge on any atom is 0.387 e. The molecule has 0 radical (unpaired) electrons. The zero-order valence-corrected chi connectivity index (χ0v) is 17.2. The first-order chi connectivity index (χ1) is 16.3. The molecular weight excluding hydrogens is 457 g/mol. The molecule has 0 atom stereocenters. The van der Waals surface area contributed by atoms with Crippen LogP contribution >= 0.6 is 0 Å². The smallest absolute Gasteiger partial charge is 0.387 e. The molecule has 0 bridgehead atoms. The number of aromatic nitrogens is 3. The van der Waals surface area contributed by atoms with E-state index in [1.807, 2.05) is 6.07 Å². The van der Waals surface area contributed by atoms with Crippen LogP contribution in [0.1, 0.15) is 30.1 Å². The van der Waals surface area contributed by atoms with Crippen molar-refractivity contribution in [3.8, 4) is 17.6 Å². The molecule has 172 valence electrons. The molecule has 1 aliphatic rings. The summed E-state index contributed by atoms with van der Waals surface area (Å²) in [4.78, 5) is 8.80. The molecule has 1 saturated carbocycles. The molecule has 2 heterocycles. The molecule has 2 aromatic heterocycles. The zero-order valence-electron chi connectivity index (χ0n) is 17.2. The highest BCUT2D eigenvalue weighted by Gasteiger charge is 2.31. The van der Waals surface area contributed by atoms with Crippen molar-refractivity contribution in [1.29, 1.82) is 5.26 Å². The molecule has 34 heavy (non-hydrogen) atoms. The number of anilines is 2. The number of imidazole rings is 1. The normalized spacial score (nSPS) is 13.3. The Morgan fingerprint density at radius 2 is 1.82 bits per heavy atom. The van der Waals surface area contributed by atoms with E-state index in [1.165, 1.54) is 22.8 Å². The van der Waals surface area contributed by atoms with Gasteiger partial charge in [0.1, 0.15) is 28.8 Å². The first kappa shape index (κ1) is 21.6. The Kier molecular flexibility index (Phi) is 5.28. The first-order valence-electron chi connectivity index (χ1n) is 10.1. The van der Waals surface area contributed by atoms with E-state index >= 15 is 0 Å². The van der Waals surface area contributed by atoms with E-state index in [0.717, 1.165) is 37.1 Å². The largest absolute Gasteiger partial charge is 0.432 e. The highest BCUT2D eigenvalue weighted by Crippen LogP contribution is 2.42. The fourth-order valence-corrected chi connectivity index (χ4v) is 3.65. The number of halogens is 5. The number of hydrogen-bond donors (Lipinski definition) is 1. The van der Waals surface area contributed by atoms with Crippen molar-refractivity contribution >= 4 is 22.5 Å². The van der Waals surface area contributed by atoms with E-state index in [1.54, 1.807) is 0 Å². The second kappa shape index (κ2) is 8.30. The van der Waals surface area contributed by atoms with Crippen molar-refractivity contribution in [2.45, 2.75) is 25.4 Å². The molecule has 1 aliphatic carbocycles. The van der Waals surface area contributed by atoms with E-state index in [0.29, 0.717) is 5.82 Å². The van der Waals surface area contributed by atoms with Gasteiger partial charge in [-0.15, -0.1) is 0 Å². The average Bonchev–Trinajstić information content (AvgIpc) is 3.55. The number of pyridine rings is 1. The Hall–Kier alpha value is -4.20. The quantitative estimate of drug-likeness (QED) is 0.353. The number of fused-ring (bicyclic) bond motifs is 1. The van der Waals surface area contributed by atoms with Crippen molar-refractivity contribution in [1.82, 2.24) is 14.5 Å². The van der Waals surface area contributed by atoms with Crippen LogP contribution in [-0.4, -0.2) is 21.1 Å². The molecular formula is C23H14F5N5O. The Labute approximate surface area is 189 Å². The van der Waals surface area contributed by atoms with Crippen molar-refractivity contribution in [3.63, 3.8) is 0 Å². The average molecular weight is 471 g/mol. The third-order valence-electron chi connectivity index (χ3n) is 5.24.